The molecule has 0 aromatic heterocycles. The fourth-order valence-corrected chi connectivity index (χ4v) is 3.90. The molecule has 0 radical (unpaired) electrons. The van der Waals surface area contributed by atoms with E-state index in [1.54, 1.807) is 0 Å². The Kier molecular flexibility index (Phi) is 6.36. The molecule has 1 aliphatic carbocycles. The SMILES string of the molecule is CCNC1CCC(C)CC1CCSC(C)(C)C. The molecular weight excluding hydrogens is 226 g/mol. The van der Waals surface area contributed by atoms with E-state index < -0.39 is 0 Å². The number of hydrogen-bond donors (Lipinski definition) is 1. The van der Waals surface area contributed by atoms with Crippen molar-refractivity contribution in [3.63, 3.8) is 0 Å². The maximum atomic E-state index is 3.69. The quantitative estimate of drug-likeness (QED) is 0.787. The van der Waals surface area contributed by atoms with Crippen LogP contribution in [0.1, 0.15) is 60.3 Å². The molecule has 102 valence electrons. The minimum Gasteiger partial charge on any atom is -0.314 e. The first-order valence-electron chi connectivity index (χ1n) is 7.29. The van der Waals surface area contributed by atoms with Crippen molar-refractivity contribution in [1.82, 2.24) is 5.32 Å². The van der Waals surface area contributed by atoms with Gasteiger partial charge in [-0.05, 0) is 49.8 Å². The van der Waals surface area contributed by atoms with Gasteiger partial charge in [-0.25, -0.2) is 0 Å². The van der Waals surface area contributed by atoms with Crippen LogP contribution < -0.4 is 5.32 Å². The highest BCUT2D eigenvalue weighted by Crippen LogP contribution is 2.33. The van der Waals surface area contributed by atoms with Crippen molar-refractivity contribution < 1.29 is 0 Å². The minimum absolute atomic E-state index is 0.425. The summed E-state index contributed by atoms with van der Waals surface area (Å²) in [4.78, 5) is 0. The monoisotopic (exact) mass is 257 g/mol. The van der Waals surface area contributed by atoms with Crippen molar-refractivity contribution >= 4 is 11.8 Å². The third kappa shape index (κ3) is 6.15. The highest BCUT2D eigenvalue weighted by molar-refractivity contribution is 8.00. The third-order valence-electron chi connectivity index (χ3n) is 3.73. The maximum absolute atomic E-state index is 3.69. The average molecular weight is 257 g/mol. The standard InChI is InChI=1S/C15H31NS/c1-6-16-14-8-7-12(2)11-13(14)9-10-17-15(3,4)5/h12-14,16H,6-11H2,1-5H3. The average Bonchev–Trinajstić information content (AvgIpc) is 2.20. The van der Waals surface area contributed by atoms with Crippen LogP contribution in [-0.4, -0.2) is 23.1 Å². The summed E-state index contributed by atoms with van der Waals surface area (Å²) in [6, 6.07) is 0.789. The molecule has 1 fully saturated rings. The predicted octanol–water partition coefficient (Wildman–Crippen LogP) is 4.32. The van der Waals surface area contributed by atoms with E-state index in [0.717, 1.165) is 24.4 Å². The summed E-state index contributed by atoms with van der Waals surface area (Å²) in [5.41, 5.74) is 0. The molecule has 0 bridgehead atoms. The van der Waals surface area contributed by atoms with E-state index in [-0.39, 0.29) is 0 Å². The topological polar surface area (TPSA) is 12.0 Å². The molecule has 0 amide bonds. The van der Waals surface area contributed by atoms with E-state index in [2.05, 4.69) is 51.7 Å². The smallest absolute Gasteiger partial charge is 0.00957 e. The van der Waals surface area contributed by atoms with Gasteiger partial charge in [-0.15, -0.1) is 0 Å². The molecular formula is C15H31NS. The lowest BCUT2D eigenvalue weighted by Crippen LogP contribution is -2.40. The summed E-state index contributed by atoms with van der Waals surface area (Å²) in [6.07, 6.45) is 5.63. The van der Waals surface area contributed by atoms with Gasteiger partial charge in [0.15, 0.2) is 0 Å². The lowest BCUT2D eigenvalue weighted by atomic mass is 9.77. The first kappa shape index (κ1) is 15.4. The maximum Gasteiger partial charge on any atom is 0.00957 e. The molecule has 0 spiro atoms. The molecule has 1 rings (SSSR count). The number of nitrogens with one attached hydrogen (secondary N) is 1. The highest BCUT2D eigenvalue weighted by Gasteiger charge is 2.27. The second kappa shape index (κ2) is 7.04. The van der Waals surface area contributed by atoms with E-state index in [0.29, 0.717) is 4.75 Å². The van der Waals surface area contributed by atoms with Gasteiger partial charge in [-0.1, -0.05) is 34.6 Å². The molecule has 2 heteroatoms. The second-order valence-corrected chi connectivity index (χ2v) is 8.51. The highest BCUT2D eigenvalue weighted by atomic mass is 32.2. The van der Waals surface area contributed by atoms with Gasteiger partial charge in [0, 0.05) is 10.8 Å². The van der Waals surface area contributed by atoms with Crippen molar-refractivity contribution in [2.75, 3.05) is 12.3 Å². The van der Waals surface area contributed by atoms with Crippen LogP contribution in [0.5, 0.6) is 0 Å². The summed E-state index contributed by atoms with van der Waals surface area (Å²) in [5.74, 6) is 3.17. The van der Waals surface area contributed by atoms with Gasteiger partial charge in [-0.2, -0.15) is 11.8 Å². The Morgan fingerprint density at radius 1 is 1.24 bits per heavy atom. The van der Waals surface area contributed by atoms with Crippen LogP contribution in [0.15, 0.2) is 0 Å². The van der Waals surface area contributed by atoms with Crippen LogP contribution in [0, 0.1) is 11.8 Å². The Bertz CT molecular complexity index is 209. The van der Waals surface area contributed by atoms with Gasteiger partial charge in [0.25, 0.3) is 0 Å². The third-order valence-corrected chi connectivity index (χ3v) is 5.04. The largest absolute Gasteiger partial charge is 0.314 e. The lowest BCUT2D eigenvalue weighted by Gasteiger charge is -2.36. The van der Waals surface area contributed by atoms with Crippen LogP contribution in [0.25, 0.3) is 0 Å². The summed E-state index contributed by atoms with van der Waals surface area (Å²) in [7, 11) is 0. The lowest BCUT2D eigenvalue weighted by molar-refractivity contribution is 0.211. The van der Waals surface area contributed by atoms with Crippen LogP contribution in [0.3, 0.4) is 0 Å². The van der Waals surface area contributed by atoms with Crippen molar-refractivity contribution in [2.45, 2.75) is 71.1 Å². The molecule has 0 aliphatic heterocycles. The molecule has 1 aliphatic rings. The van der Waals surface area contributed by atoms with E-state index >= 15 is 0 Å². The summed E-state index contributed by atoms with van der Waals surface area (Å²) in [6.45, 7) is 12.8. The van der Waals surface area contributed by atoms with E-state index in [1.807, 2.05) is 0 Å². The minimum atomic E-state index is 0.425. The van der Waals surface area contributed by atoms with Gasteiger partial charge in [0.2, 0.25) is 0 Å². The molecule has 1 saturated carbocycles. The molecule has 0 aromatic rings. The second-order valence-electron chi connectivity index (χ2n) is 6.59. The molecule has 0 aromatic carbocycles. The molecule has 0 saturated heterocycles. The van der Waals surface area contributed by atoms with Gasteiger partial charge in [0.05, 0.1) is 0 Å². The fraction of sp³-hybridized carbons (Fsp3) is 1.00. The van der Waals surface area contributed by atoms with Crippen molar-refractivity contribution in [3.8, 4) is 0 Å². The Morgan fingerprint density at radius 3 is 2.53 bits per heavy atom. The fourth-order valence-electron chi connectivity index (χ4n) is 2.87. The zero-order chi connectivity index (χ0) is 12.9. The van der Waals surface area contributed by atoms with Crippen molar-refractivity contribution in [2.24, 2.45) is 11.8 Å². The van der Waals surface area contributed by atoms with Gasteiger partial charge >= 0.3 is 0 Å². The molecule has 1 N–H and O–H groups in total. The van der Waals surface area contributed by atoms with E-state index in [4.69, 9.17) is 0 Å². The number of thioether (sulfide) groups is 1. The van der Waals surface area contributed by atoms with E-state index in [1.165, 1.54) is 31.4 Å². The van der Waals surface area contributed by atoms with Crippen LogP contribution in [-0.2, 0) is 0 Å². The van der Waals surface area contributed by atoms with Crippen molar-refractivity contribution in [1.29, 1.82) is 0 Å². The molecule has 3 unspecified atom stereocenters. The normalized spacial score (nSPS) is 30.5. The zero-order valence-corrected chi connectivity index (χ0v) is 13.2. The molecule has 3 atom stereocenters. The molecule has 1 nitrogen and oxygen atoms in total. The summed E-state index contributed by atoms with van der Waals surface area (Å²) >= 11 is 2.12. The molecule has 17 heavy (non-hydrogen) atoms. The predicted molar refractivity (Wildman–Crippen MR) is 80.8 cm³/mol. The van der Waals surface area contributed by atoms with Crippen LogP contribution >= 0.6 is 11.8 Å². The first-order chi connectivity index (χ1) is 7.92. The van der Waals surface area contributed by atoms with Gasteiger partial charge in [-0.3, -0.25) is 0 Å². The van der Waals surface area contributed by atoms with Gasteiger partial charge < -0.3 is 5.32 Å². The Morgan fingerprint density at radius 2 is 1.94 bits per heavy atom. The summed E-state index contributed by atoms with van der Waals surface area (Å²) in [5, 5.41) is 3.69. The number of rotatable bonds is 5. The number of hydrogen-bond acceptors (Lipinski definition) is 2. The Hall–Kier alpha value is 0.310. The van der Waals surface area contributed by atoms with Crippen molar-refractivity contribution in [3.05, 3.63) is 0 Å². The summed E-state index contributed by atoms with van der Waals surface area (Å²) < 4.78 is 0.425. The van der Waals surface area contributed by atoms with Crippen LogP contribution in [0.2, 0.25) is 0 Å². The van der Waals surface area contributed by atoms with Gasteiger partial charge in [0.1, 0.15) is 0 Å². The zero-order valence-electron chi connectivity index (χ0n) is 12.4. The first-order valence-corrected chi connectivity index (χ1v) is 8.28. The Labute approximate surface area is 113 Å². The van der Waals surface area contributed by atoms with E-state index in [9.17, 15) is 0 Å². The Balaban J connectivity index is 2.35. The molecule has 0 heterocycles. The van der Waals surface area contributed by atoms with Crippen LogP contribution in [0.4, 0.5) is 0 Å².